The van der Waals surface area contributed by atoms with Gasteiger partial charge in [-0.15, -0.1) is 0 Å². The Morgan fingerprint density at radius 3 is 2.47 bits per heavy atom. The summed E-state index contributed by atoms with van der Waals surface area (Å²) in [5, 5.41) is 10.4. The van der Waals surface area contributed by atoms with Crippen molar-refractivity contribution in [3.05, 3.63) is 0 Å². The lowest BCUT2D eigenvalue weighted by Gasteiger charge is -2.29. The third-order valence-electron chi connectivity index (χ3n) is 5.80. The minimum absolute atomic E-state index is 0.0988. The summed E-state index contributed by atoms with van der Waals surface area (Å²) in [5.74, 6) is 0.507. The molecule has 3 atom stereocenters. The molecule has 3 nitrogen and oxygen atoms in total. The van der Waals surface area contributed by atoms with E-state index >= 15 is 0 Å². The Kier molecular flexibility index (Phi) is 3.89. The number of likely N-dealkylation sites (tertiary alicyclic amines) is 2. The van der Waals surface area contributed by atoms with Crippen LogP contribution in [0.15, 0.2) is 0 Å². The third kappa shape index (κ3) is 2.84. The van der Waals surface area contributed by atoms with Gasteiger partial charge >= 0.3 is 0 Å². The lowest BCUT2D eigenvalue weighted by molar-refractivity contribution is 0.0346. The lowest BCUT2D eigenvalue weighted by atomic mass is 9.87. The molecule has 0 bridgehead atoms. The molecule has 1 aliphatic carbocycles. The maximum absolute atomic E-state index is 10.4. The van der Waals surface area contributed by atoms with Gasteiger partial charge in [-0.2, -0.15) is 0 Å². The van der Waals surface area contributed by atoms with E-state index in [-0.39, 0.29) is 11.5 Å². The fourth-order valence-electron chi connectivity index (χ4n) is 4.41. The molecule has 1 N–H and O–H groups in total. The van der Waals surface area contributed by atoms with E-state index in [2.05, 4.69) is 23.6 Å². The summed E-state index contributed by atoms with van der Waals surface area (Å²) in [6, 6.07) is 0.800. The van der Waals surface area contributed by atoms with Gasteiger partial charge in [-0.3, -0.25) is 4.90 Å². The summed E-state index contributed by atoms with van der Waals surface area (Å²) in [7, 11) is 0. The maximum atomic E-state index is 10.4. The molecule has 2 aliphatic heterocycles. The zero-order valence-electron chi connectivity index (χ0n) is 12.6. The van der Waals surface area contributed by atoms with Crippen molar-refractivity contribution in [3.8, 4) is 0 Å². The van der Waals surface area contributed by atoms with Crippen LogP contribution in [0.5, 0.6) is 0 Å². The van der Waals surface area contributed by atoms with Crippen LogP contribution in [-0.2, 0) is 0 Å². The van der Waals surface area contributed by atoms with Gasteiger partial charge in [0.15, 0.2) is 0 Å². The molecule has 2 heterocycles. The minimum Gasteiger partial charge on any atom is -0.392 e. The summed E-state index contributed by atoms with van der Waals surface area (Å²) in [5.41, 5.74) is 0.138. The van der Waals surface area contributed by atoms with Crippen molar-refractivity contribution in [1.82, 2.24) is 9.80 Å². The monoisotopic (exact) mass is 266 g/mol. The second-order valence-electron chi connectivity index (χ2n) is 7.68. The summed E-state index contributed by atoms with van der Waals surface area (Å²) >= 11 is 0. The van der Waals surface area contributed by atoms with E-state index in [1.165, 1.54) is 58.3 Å². The van der Waals surface area contributed by atoms with Crippen LogP contribution in [0.3, 0.4) is 0 Å². The Bertz CT molecular complexity index is 312. The van der Waals surface area contributed by atoms with E-state index in [0.29, 0.717) is 5.92 Å². The molecule has 3 heteroatoms. The molecule has 0 spiro atoms. The number of hydrogen-bond acceptors (Lipinski definition) is 3. The molecule has 0 aromatic rings. The van der Waals surface area contributed by atoms with Crippen LogP contribution in [0, 0.1) is 11.3 Å². The van der Waals surface area contributed by atoms with Crippen molar-refractivity contribution in [2.45, 2.75) is 58.1 Å². The van der Waals surface area contributed by atoms with Crippen molar-refractivity contribution in [2.24, 2.45) is 11.3 Å². The number of rotatable bonds is 3. The zero-order valence-corrected chi connectivity index (χ0v) is 12.6. The van der Waals surface area contributed by atoms with Gasteiger partial charge in [-0.1, -0.05) is 13.8 Å². The van der Waals surface area contributed by atoms with Crippen molar-refractivity contribution in [2.75, 3.05) is 32.7 Å². The van der Waals surface area contributed by atoms with Crippen LogP contribution in [0.4, 0.5) is 0 Å². The topological polar surface area (TPSA) is 26.7 Å². The van der Waals surface area contributed by atoms with E-state index in [0.717, 1.165) is 12.6 Å². The highest BCUT2D eigenvalue weighted by Gasteiger charge is 2.42. The molecule has 0 amide bonds. The SMILES string of the molecule is CC1(C)CCC(CN2CCC(N3CCCC3)C2)C1O. The van der Waals surface area contributed by atoms with Crippen molar-refractivity contribution in [1.29, 1.82) is 0 Å². The number of aliphatic hydroxyl groups excluding tert-OH is 1. The average molecular weight is 266 g/mol. The summed E-state index contributed by atoms with van der Waals surface area (Å²) < 4.78 is 0. The van der Waals surface area contributed by atoms with Crippen LogP contribution in [0.1, 0.15) is 46.0 Å². The first-order chi connectivity index (χ1) is 9.06. The Morgan fingerprint density at radius 2 is 1.84 bits per heavy atom. The van der Waals surface area contributed by atoms with Crippen LogP contribution < -0.4 is 0 Å². The van der Waals surface area contributed by atoms with Gasteiger partial charge in [-0.05, 0) is 63.1 Å². The highest BCUT2D eigenvalue weighted by Crippen LogP contribution is 2.41. The standard InChI is InChI=1S/C16H30N2O/c1-16(2)7-5-13(15(16)19)11-17-10-6-14(12-17)18-8-3-4-9-18/h13-15,19H,3-12H2,1-2H3. The number of nitrogens with zero attached hydrogens (tertiary/aromatic N) is 2. The highest BCUT2D eigenvalue weighted by atomic mass is 16.3. The molecule has 110 valence electrons. The minimum atomic E-state index is -0.0988. The molecular weight excluding hydrogens is 236 g/mol. The number of aliphatic hydroxyl groups is 1. The van der Waals surface area contributed by atoms with Crippen LogP contribution in [0.2, 0.25) is 0 Å². The van der Waals surface area contributed by atoms with E-state index < -0.39 is 0 Å². The molecule has 3 fully saturated rings. The first kappa shape index (κ1) is 13.8. The van der Waals surface area contributed by atoms with Gasteiger partial charge in [0.2, 0.25) is 0 Å². The van der Waals surface area contributed by atoms with Gasteiger partial charge in [-0.25, -0.2) is 0 Å². The molecule has 1 saturated carbocycles. The fraction of sp³-hybridized carbons (Fsp3) is 1.00. The van der Waals surface area contributed by atoms with Crippen molar-refractivity contribution >= 4 is 0 Å². The summed E-state index contributed by atoms with van der Waals surface area (Å²) in [6.07, 6.45) is 6.42. The number of hydrogen-bond donors (Lipinski definition) is 1. The fourth-order valence-corrected chi connectivity index (χ4v) is 4.41. The van der Waals surface area contributed by atoms with E-state index in [1.54, 1.807) is 0 Å². The highest BCUT2D eigenvalue weighted by molar-refractivity contribution is 4.94. The predicted octanol–water partition coefficient (Wildman–Crippen LogP) is 1.95. The molecule has 0 aromatic heterocycles. The Labute approximate surface area is 118 Å². The molecule has 0 aromatic carbocycles. The first-order valence-electron chi connectivity index (χ1n) is 8.21. The van der Waals surface area contributed by atoms with Crippen LogP contribution in [-0.4, -0.2) is 59.8 Å². The molecule has 3 aliphatic rings. The van der Waals surface area contributed by atoms with E-state index in [4.69, 9.17) is 0 Å². The Hall–Kier alpha value is -0.120. The second-order valence-corrected chi connectivity index (χ2v) is 7.68. The second kappa shape index (κ2) is 5.34. The van der Waals surface area contributed by atoms with Crippen LogP contribution in [0.25, 0.3) is 0 Å². The zero-order chi connectivity index (χ0) is 13.5. The Morgan fingerprint density at radius 1 is 1.11 bits per heavy atom. The molecule has 2 saturated heterocycles. The molecule has 0 radical (unpaired) electrons. The molecule has 19 heavy (non-hydrogen) atoms. The van der Waals surface area contributed by atoms with E-state index in [1.807, 2.05) is 0 Å². The molecule has 3 unspecified atom stereocenters. The van der Waals surface area contributed by atoms with Gasteiger partial charge in [0.25, 0.3) is 0 Å². The first-order valence-corrected chi connectivity index (χ1v) is 8.21. The van der Waals surface area contributed by atoms with Gasteiger partial charge < -0.3 is 10.0 Å². The Balaban J connectivity index is 1.49. The summed E-state index contributed by atoms with van der Waals surface area (Å²) in [6.45, 7) is 10.7. The van der Waals surface area contributed by atoms with Crippen molar-refractivity contribution in [3.63, 3.8) is 0 Å². The van der Waals surface area contributed by atoms with Gasteiger partial charge in [0.1, 0.15) is 0 Å². The van der Waals surface area contributed by atoms with Crippen LogP contribution >= 0.6 is 0 Å². The predicted molar refractivity (Wildman–Crippen MR) is 78.2 cm³/mol. The normalized spacial score (nSPS) is 40.3. The van der Waals surface area contributed by atoms with E-state index in [9.17, 15) is 5.11 Å². The van der Waals surface area contributed by atoms with Crippen molar-refractivity contribution < 1.29 is 5.11 Å². The molecule has 3 rings (SSSR count). The smallest absolute Gasteiger partial charge is 0.0631 e. The lowest BCUT2D eigenvalue weighted by Crippen LogP contribution is -2.38. The third-order valence-corrected chi connectivity index (χ3v) is 5.80. The quantitative estimate of drug-likeness (QED) is 0.846. The van der Waals surface area contributed by atoms with Gasteiger partial charge in [0, 0.05) is 19.1 Å². The summed E-state index contributed by atoms with van der Waals surface area (Å²) in [4.78, 5) is 5.30. The average Bonchev–Trinajstić information content (AvgIpc) is 3.07. The molecular formula is C16H30N2O. The largest absolute Gasteiger partial charge is 0.392 e. The maximum Gasteiger partial charge on any atom is 0.0631 e. The van der Waals surface area contributed by atoms with Gasteiger partial charge in [0.05, 0.1) is 6.10 Å².